The molecular formula is C24H25N3O5. The molecule has 0 bridgehead atoms. The molecule has 5 rings (SSSR count). The van der Waals surface area contributed by atoms with Crippen molar-refractivity contribution in [1.82, 2.24) is 14.8 Å². The van der Waals surface area contributed by atoms with E-state index in [1.54, 1.807) is 24.1 Å². The van der Waals surface area contributed by atoms with Gasteiger partial charge in [-0.2, -0.15) is 0 Å². The van der Waals surface area contributed by atoms with Gasteiger partial charge in [-0.15, -0.1) is 0 Å². The van der Waals surface area contributed by atoms with Gasteiger partial charge in [-0.25, -0.2) is 0 Å². The first kappa shape index (κ1) is 20.2. The Labute approximate surface area is 185 Å². The Balaban J connectivity index is 1.23. The number of nitrogens with one attached hydrogen (secondary N) is 1. The summed E-state index contributed by atoms with van der Waals surface area (Å²) in [5.74, 6) is 1.50. The minimum atomic E-state index is -0.107. The second-order valence-corrected chi connectivity index (χ2v) is 7.91. The normalized spacial score (nSPS) is 15.7. The molecule has 0 aliphatic carbocycles. The molecule has 2 aliphatic heterocycles. The fourth-order valence-electron chi connectivity index (χ4n) is 4.29. The molecule has 8 heteroatoms. The minimum absolute atomic E-state index is 0.0721. The van der Waals surface area contributed by atoms with Crippen molar-refractivity contribution in [3.8, 4) is 17.2 Å². The van der Waals surface area contributed by atoms with Crippen LogP contribution in [0.4, 0.5) is 0 Å². The molecule has 0 radical (unpaired) electrons. The molecule has 1 fully saturated rings. The number of benzene rings is 2. The van der Waals surface area contributed by atoms with Gasteiger partial charge in [0.2, 0.25) is 11.7 Å². The molecule has 8 nitrogen and oxygen atoms in total. The summed E-state index contributed by atoms with van der Waals surface area (Å²) >= 11 is 0. The largest absolute Gasteiger partial charge is 0.493 e. The van der Waals surface area contributed by atoms with E-state index in [4.69, 9.17) is 14.2 Å². The van der Waals surface area contributed by atoms with Gasteiger partial charge in [0.15, 0.2) is 11.5 Å². The molecule has 166 valence electrons. The van der Waals surface area contributed by atoms with Crippen LogP contribution in [0.3, 0.4) is 0 Å². The summed E-state index contributed by atoms with van der Waals surface area (Å²) < 4.78 is 16.6. The highest BCUT2D eigenvalue weighted by Crippen LogP contribution is 2.40. The molecule has 1 N–H and O–H groups in total. The summed E-state index contributed by atoms with van der Waals surface area (Å²) in [7, 11) is 1.54. The van der Waals surface area contributed by atoms with Crippen LogP contribution in [0, 0.1) is 0 Å². The van der Waals surface area contributed by atoms with Crippen LogP contribution in [0.5, 0.6) is 17.2 Å². The number of para-hydroxylation sites is 1. The zero-order chi connectivity index (χ0) is 22.1. The highest BCUT2D eigenvalue weighted by molar-refractivity contribution is 5.96. The maximum absolute atomic E-state index is 13.1. The summed E-state index contributed by atoms with van der Waals surface area (Å²) in [5, 5.41) is 1.07. The number of ether oxygens (including phenoxy) is 3. The molecule has 0 atom stereocenters. The average Bonchev–Trinajstić information content (AvgIpc) is 3.25. The summed E-state index contributed by atoms with van der Waals surface area (Å²) in [4.78, 5) is 32.8. The lowest BCUT2D eigenvalue weighted by Gasteiger charge is -2.35. The number of methoxy groups -OCH3 is 1. The molecule has 3 heterocycles. The zero-order valence-electron chi connectivity index (χ0n) is 17.9. The molecule has 3 aromatic rings. The lowest BCUT2D eigenvalue weighted by atomic mass is 10.1. The third-order valence-corrected chi connectivity index (χ3v) is 6.01. The second kappa shape index (κ2) is 8.45. The number of piperazine rings is 1. The third kappa shape index (κ3) is 3.72. The number of aromatic nitrogens is 1. The monoisotopic (exact) mass is 435 g/mol. The smallest absolute Gasteiger partial charge is 0.254 e. The van der Waals surface area contributed by atoms with Gasteiger partial charge >= 0.3 is 0 Å². The molecule has 0 unspecified atom stereocenters. The molecule has 1 aromatic heterocycles. The van der Waals surface area contributed by atoms with Crippen LogP contribution in [0.15, 0.2) is 42.6 Å². The Bertz CT molecular complexity index is 1150. The number of carbonyl (C=O) groups excluding carboxylic acids is 2. The van der Waals surface area contributed by atoms with E-state index in [0.717, 1.165) is 16.5 Å². The van der Waals surface area contributed by atoms with Gasteiger partial charge in [-0.05, 0) is 23.8 Å². The quantitative estimate of drug-likeness (QED) is 0.681. The summed E-state index contributed by atoms with van der Waals surface area (Å²) in [6.45, 7) is 2.86. The van der Waals surface area contributed by atoms with Gasteiger partial charge in [0.1, 0.15) is 13.2 Å². The highest BCUT2D eigenvalue weighted by Gasteiger charge is 2.27. The van der Waals surface area contributed by atoms with Crippen molar-refractivity contribution in [1.29, 1.82) is 0 Å². The fraction of sp³-hybridized carbons (Fsp3) is 0.333. The third-order valence-electron chi connectivity index (χ3n) is 6.01. The molecule has 2 amide bonds. The predicted octanol–water partition coefficient (Wildman–Crippen LogP) is 2.47. The Morgan fingerprint density at radius 3 is 2.59 bits per heavy atom. The first-order chi connectivity index (χ1) is 15.6. The SMILES string of the molecule is COc1cc(C(=O)N2CCN(C(=O)Cc3c[nH]c4ccccc34)CC2)cc2c1OCCO2. The average molecular weight is 435 g/mol. The van der Waals surface area contributed by atoms with Gasteiger partial charge < -0.3 is 29.0 Å². The van der Waals surface area contributed by atoms with Crippen LogP contribution in [0.2, 0.25) is 0 Å². The lowest BCUT2D eigenvalue weighted by Crippen LogP contribution is -2.51. The first-order valence-corrected chi connectivity index (χ1v) is 10.7. The summed E-state index contributed by atoms with van der Waals surface area (Å²) in [6, 6.07) is 11.4. The number of amides is 2. The molecular weight excluding hydrogens is 410 g/mol. The molecule has 2 aromatic carbocycles. The van der Waals surface area contributed by atoms with Crippen LogP contribution >= 0.6 is 0 Å². The van der Waals surface area contributed by atoms with Crippen molar-refractivity contribution < 1.29 is 23.8 Å². The van der Waals surface area contributed by atoms with Crippen molar-refractivity contribution in [2.45, 2.75) is 6.42 Å². The van der Waals surface area contributed by atoms with Gasteiger partial charge in [-0.1, -0.05) is 18.2 Å². The number of nitrogens with zero attached hydrogens (tertiary/aromatic N) is 2. The van der Waals surface area contributed by atoms with Crippen LogP contribution in [-0.4, -0.2) is 73.1 Å². The first-order valence-electron chi connectivity index (χ1n) is 10.7. The number of rotatable bonds is 4. The Hall–Kier alpha value is -3.68. The summed E-state index contributed by atoms with van der Waals surface area (Å²) in [5.41, 5.74) is 2.51. The van der Waals surface area contributed by atoms with E-state index >= 15 is 0 Å². The Morgan fingerprint density at radius 2 is 1.78 bits per heavy atom. The van der Waals surface area contributed by atoms with Gasteiger partial charge in [-0.3, -0.25) is 9.59 Å². The number of hydrogen-bond acceptors (Lipinski definition) is 5. The van der Waals surface area contributed by atoms with Gasteiger partial charge in [0.25, 0.3) is 5.91 Å². The minimum Gasteiger partial charge on any atom is -0.493 e. The standard InChI is InChI=1S/C24H25N3O5/c1-30-20-12-16(13-21-23(20)32-11-10-31-21)24(29)27-8-6-26(7-9-27)22(28)14-17-15-25-19-5-3-2-4-18(17)19/h2-5,12-13,15,25H,6-11,14H2,1H3. The number of fused-ring (bicyclic) bond motifs is 2. The van der Waals surface area contributed by atoms with Crippen LogP contribution in [0.1, 0.15) is 15.9 Å². The van der Waals surface area contributed by atoms with Gasteiger partial charge in [0, 0.05) is 48.8 Å². The van der Waals surface area contributed by atoms with Crippen LogP contribution in [0.25, 0.3) is 10.9 Å². The molecule has 2 aliphatic rings. The Kier molecular flexibility index (Phi) is 5.34. The van der Waals surface area contributed by atoms with E-state index in [-0.39, 0.29) is 11.8 Å². The highest BCUT2D eigenvalue weighted by atomic mass is 16.6. The lowest BCUT2D eigenvalue weighted by molar-refractivity contribution is -0.131. The van der Waals surface area contributed by atoms with Gasteiger partial charge in [0.05, 0.1) is 13.5 Å². The molecule has 1 saturated heterocycles. The Morgan fingerprint density at radius 1 is 1.03 bits per heavy atom. The van der Waals surface area contributed by atoms with E-state index in [1.165, 1.54) is 0 Å². The molecule has 0 saturated carbocycles. The van der Waals surface area contributed by atoms with Crippen molar-refractivity contribution in [2.75, 3.05) is 46.5 Å². The van der Waals surface area contributed by atoms with E-state index in [0.29, 0.717) is 68.6 Å². The van der Waals surface area contributed by atoms with Crippen molar-refractivity contribution in [3.63, 3.8) is 0 Å². The maximum Gasteiger partial charge on any atom is 0.254 e. The van der Waals surface area contributed by atoms with E-state index < -0.39 is 0 Å². The molecule has 32 heavy (non-hydrogen) atoms. The predicted molar refractivity (Wildman–Crippen MR) is 118 cm³/mol. The number of carbonyl (C=O) groups is 2. The second-order valence-electron chi connectivity index (χ2n) is 7.91. The number of H-pyrrole nitrogens is 1. The maximum atomic E-state index is 13.1. The van der Waals surface area contributed by atoms with E-state index in [9.17, 15) is 9.59 Å². The number of hydrogen-bond donors (Lipinski definition) is 1. The fourth-order valence-corrected chi connectivity index (χ4v) is 4.29. The van der Waals surface area contributed by atoms with E-state index in [1.807, 2.05) is 35.4 Å². The summed E-state index contributed by atoms with van der Waals surface area (Å²) in [6.07, 6.45) is 2.24. The zero-order valence-corrected chi connectivity index (χ0v) is 17.9. The molecule has 0 spiro atoms. The van der Waals surface area contributed by atoms with E-state index in [2.05, 4.69) is 4.98 Å². The topological polar surface area (TPSA) is 84.1 Å². The number of aromatic amines is 1. The van der Waals surface area contributed by atoms with Crippen LogP contribution < -0.4 is 14.2 Å². The van der Waals surface area contributed by atoms with Crippen LogP contribution in [-0.2, 0) is 11.2 Å². The van der Waals surface area contributed by atoms with Crippen molar-refractivity contribution >= 4 is 22.7 Å². The van der Waals surface area contributed by atoms with Crippen molar-refractivity contribution in [2.24, 2.45) is 0 Å². The van der Waals surface area contributed by atoms with Crippen molar-refractivity contribution in [3.05, 3.63) is 53.7 Å².